The van der Waals surface area contributed by atoms with Gasteiger partial charge in [-0.3, -0.25) is 9.59 Å². The van der Waals surface area contributed by atoms with Gasteiger partial charge in [0.05, 0.1) is 0 Å². The van der Waals surface area contributed by atoms with E-state index in [0.717, 1.165) is 0 Å². The van der Waals surface area contributed by atoms with E-state index in [9.17, 15) is 9.59 Å². The van der Waals surface area contributed by atoms with Gasteiger partial charge >= 0.3 is 0 Å². The van der Waals surface area contributed by atoms with Crippen molar-refractivity contribution in [1.82, 2.24) is 0 Å². The lowest BCUT2D eigenvalue weighted by Crippen LogP contribution is -2.17. The molecule has 0 saturated carbocycles. The smallest absolute Gasteiger partial charge is 0.277 e. The van der Waals surface area contributed by atoms with Gasteiger partial charge in [-0.05, 0) is 11.6 Å². The molecule has 0 aliphatic heterocycles. The SMILES string of the molecule is CON=C(C(C)=O)C(=O)Cl. The van der Waals surface area contributed by atoms with Crippen LogP contribution in [-0.2, 0) is 14.4 Å². The van der Waals surface area contributed by atoms with Crippen molar-refractivity contribution in [3.63, 3.8) is 0 Å². The second-order valence-corrected chi connectivity index (χ2v) is 1.80. The monoisotopic (exact) mass is 163 g/mol. The first-order valence-corrected chi connectivity index (χ1v) is 2.79. The molecule has 10 heavy (non-hydrogen) atoms. The van der Waals surface area contributed by atoms with E-state index in [1.807, 2.05) is 0 Å². The minimum absolute atomic E-state index is 0.385. The summed E-state index contributed by atoms with van der Waals surface area (Å²) in [6.45, 7) is 1.18. The number of ketones is 1. The van der Waals surface area contributed by atoms with E-state index in [-0.39, 0.29) is 5.71 Å². The molecule has 5 heteroatoms. The minimum atomic E-state index is -0.908. The predicted octanol–water partition coefficient (Wildman–Crippen LogP) is 0.343. The second-order valence-electron chi connectivity index (χ2n) is 1.45. The van der Waals surface area contributed by atoms with Crippen LogP contribution in [-0.4, -0.2) is 23.8 Å². The van der Waals surface area contributed by atoms with Crippen LogP contribution in [0.2, 0.25) is 0 Å². The lowest BCUT2D eigenvalue weighted by atomic mass is 10.3. The van der Waals surface area contributed by atoms with Crippen LogP contribution in [0.15, 0.2) is 5.16 Å². The van der Waals surface area contributed by atoms with Crippen molar-refractivity contribution < 1.29 is 14.4 Å². The first-order chi connectivity index (χ1) is 4.59. The van der Waals surface area contributed by atoms with Gasteiger partial charge in [0.1, 0.15) is 7.11 Å². The molecule has 0 aliphatic carbocycles. The topological polar surface area (TPSA) is 55.7 Å². The lowest BCUT2D eigenvalue weighted by Gasteiger charge is -1.91. The molecule has 0 heterocycles. The van der Waals surface area contributed by atoms with Crippen molar-refractivity contribution >= 4 is 28.3 Å². The summed E-state index contributed by atoms with van der Waals surface area (Å²) in [6.07, 6.45) is 0. The Morgan fingerprint density at radius 1 is 1.50 bits per heavy atom. The van der Waals surface area contributed by atoms with Crippen molar-refractivity contribution in [1.29, 1.82) is 0 Å². The highest BCUT2D eigenvalue weighted by atomic mass is 35.5. The molecule has 0 fully saturated rings. The third kappa shape index (κ3) is 2.59. The summed E-state index contributed by atoms with van der Waals surface area (Å²) >= 11 is 4.95. The van der Waals surface area contributed by atoms with Gasteiger partial charge in [-0.25, -0.2) is 0 Å². The van der Waals surface area contributed by atoms with E-state index < -0.39 is 11.0 Å². The maximum absolute atomic E-state index is 10.5. The van der Waals surface area contributed by atoms with Crippen molar-refractivity contribution in [2.24, 2.45) is 5.16 Å². The number of Topliss-reactive ketones (excluding diaryl/α,β-unsaturated/α-hetero) is 1. The fourth-order valence-corrected chi connectivity index (χ4v) is 0.497. The van der Waals surface area contributed by atoms with Crippen LogP contribution < -0.4 is 0 Å². The summed E-state index contributed by atoms with van der Waals surface area (Å²) in [4.78, 5) is 25.0. The van der Waals surface area contributed by atoms with Crippen LogP contribution in [0.1, 0.15) is 6.92 Å². The summed E-state index contributed by atoms with van der Waals surface area (Å²) in [6, 6.07) is 0. The summed E-state index contributed by atoms with van der Waals surface area (Å²) in [5.74, 6) is -0.512. The van der Waals surface area contributed by atoms with Gasteiger partial charge in [0, 0.05) is 6.92 Å². The van der Waals surface area contributed by atoms with Crippen molar-refractivity contribution in [3.8, 4) is 0 Å². The van der Waals surface area contributed by atoms with Crippen LogP contribution in [0.3, 0.4) is 0 Å². The number of carbonyl (C=O) groups is 2. The molecule has 0 N–H and O–H groups in total. The summed E-state index contributed by atoms with van der Waals surface area (Å²) in [5.41, 5.74) is -0.385. The Kier molecular flexibility index (Phi) is 3.64. The van der Waals surface area contributed by atoms with Crippen LogP contribution in [0.5, 0.6) is 0 Å². The number of rotatable bonds is 3. The Balaban J connectivity index is 4.42. The molecule has 0 amide bonds. The maximum Gasteiger partial charge on any atom is 0.277 e. The molecule has 0 atom stereocenters. The van der Waals surface area contributed by atoms with Crippen molar-refractivity contribution in [2.75, 3.05) is 7.11 Å². The molecule has 0 aromatic carbocycles. The molecule has 0 spiro atoms. The van der Waals surface area contributed by atoms with Crippen LogP contribution >= 0.6 is 11.6 Å². The van der Waals surface area contributed by atoms with E-state index in [2.05, 4.69) is 9.99 Å². The first kappa shape index (κ1) is 9.10. The largest absolute Gasteiger partial charge is 0.398 e. The molecule has 0 aromatic rings. The van der Waals surface area contributed by atoms with E-state index in [4.69, 9.17) is 11.6 Å². The molecule has 56 valence electrons. The molecule has 0 radical (unpaired) electrons. The van der Waals surface area contributed by atoms with Crippen LogP contribution in [0, 0.1) is 0 Å². The lowest BCUT2D eigenvalue weighted by molar-refractivity contribution is -0.113. The maximum atomic E-state index is 10.5. The van der Waals surface area contributed by atoms with Gasteiger partial charge in [0.15, 0.2) is 5.78 Å². The normalized spacial score (nSPS) is 10.9. The standard InChI is InChI=1S/C5H6ClNO3/c1-3(8)4(5(6)9)7-10-2/h1-2H3. The van der Waals surface area contributed by atoms with E-state index in [1.165, 1.54) is 14.0 Å². The van der Waals surface area contributed by atoms with Gasteiger partial charge in [-0.1, -0.05) is 5.16 Å². The molecule has 0 saturated heterocycles. The fourth-order valence-electron chi connectivity index (χ4n) is 0.330. The Morgan fingerprint density at radius 2 is 2.00 bits per heavy atom. The van der Waals surface area contributed by atoms with Crippen molar-refractivity contribution in [3.05, 3.63) is 0 Å². The highest BCUT2D eigenvalue weighted by Gasteiger charge is 2.13. The summed E-state index contributed by atoms with van der Waals surface area (Å²) < 4.78 is 0. The molecule has 4 nitrogen and oxygen atoms in total. The third-order valence-electron chi connectivity index (χ3n) is 0.702. The number of hydrogen-bond acceptors (Lipinski definition) is 4. The predicted molar refractivity (Wildman–Crippen MR) is 36.0 cm³/mol. The average Bonchev–Trinajstić information content (AvgIpc) is 1.81. The number of oxime groups is 1. The summed E-state index contributed by atoms with van der Waals surface area (Å²) in [5, 5.41) is 2.20. The summed E-state index contributed by atoms with van der Waals surface area (Å²) in [7, 11) is 1.22. The van der Waals surface area contributed by atoms with Gasteiger partial charge in [-0.2, -0.15) is 0 Å². The number of hydrogen-bond donors (Lipinski definition) is 0. The Labute approximate surface area is 62.8 Å². The highest BCUT2D eigenvalue weighted by molar-refractivity contribution is 6.90. The van der Waals surface area contributed by atoms with E-state index in [1.54, 1.807) is 0 Å². The highest BCUT2D eigenvalue weighted by Crippen LogP contribution is 1.89. The zero-order valence-electron chi connectivity index (χ0n) is 5.55. The van der Waals surface area contributed by atoms with Gasteiger partial charge < -0.3 is 4.84 Å². The van der Waals surface area contributed by atoms with Crippen molar-refractivity contribution in [2.45, 2.75) is 6.92 Å². The zero-order valence-corrected chi connectivity index (χ0v) is 6.31. The van der Waals surface area contributed by atoms with Crippen LogP contribution in [0.25, 0.3) is 0 Å². The molecule has 0 unspecified atom stereocenters. The third-order valence-corrected chi connectivity index (χ3v) is 0.881. The quantitative estimate of drug-likeness (QED) is 0.261. The molecule has 0 bridgehead atoms. The fraction of sp³-hybridized carbons (Fsp3) is 0.400. The molecule has 0 rings (SSSR count). The van der Waals surface area contributed by atoms with Gasteiger partial charge in [0.2, 0.25) is 5.71 Å². The number of nitrogens with zero attached hydrogens (tertiary/aromatic N) is 1. The molecule has 0 aromatic heterocycles. The van der Waals surface area contributed by atoms with E-state index in [0.29, 0.717) is 0 Å². The Bertz CT molecular complexity index is 171. The first-order valence-electron chi connectivity index (χ1n) is 2.41. The molecular formula is C5H6ClNO3. The van der Waals surface area contributed by atoms with Gasteiger partial charge in [-0.15, -0.1) is 0 Å². The molecule has 0 aliphatic rings. The Morgan fingerprint density at radius 3 is 2.10 bits per heavy atom. The van der Waals surface area contributed by atoms with E-state index >= 15 is 0 Å². The average molecular weight is 164 g/mol. The molecular weight excluding hydrogens is 158 g/mol. The zero-order chi connectivity index (χ0) is 8.15. The second kappa shape index (κ2) is 4.00. The minimum Gasteiger partial charge on any atom is -0.398 e. The van der Waals surface area contributed by atoms with Gasteiger partial charge in [0.25, 0.3) is 5.24 Å². The number of halogens is 1. The number of carbonyl (C=O) groups excluding carboxylic acids is 2. The van der Waals surface area contributed by atoms with Crippen LogP contribution in [0.4, 0.5) is 0 Å². The Hall–Kier alpha value is -0.900.